The van der Waals surface area contributed by atoms with Crippen molar-refractivity contribution >= 4 is 23.2 Å². The molecule has 0 amide bonds. The second kappa shape index (κ2) is 8.79. The Bertz CT molecular complexity index is 845. The van der Waals surface area contributed by atoms with E-state index < -0.39 is 0 Å². The third kappa shape index (κ3) is 4.81. The fraction of sp³-hybridized carbons (Fsp3) is 0.238. The molecule has 0 aliphatic heterocycles. The van der Waals surface area contributed by atoms with Gasteiger partial charge >= 0.3 is 0 Å². The number of anilines is 2. The molecule has 5 heteroatoms. The molecule has 0 bridgehead atoms. The van der Waals surface area contributed by atoms with Crippen molar-refractivity contribution in [1.29, 1.82) is 0 Å². The van der Waals surface area contributed by atoms with Gasteiger partial charge in [-0.3, -0.25) is 0 Å². The van der Waals surface area contributed by atoms with Gasteiger partial charge in [-0.05, 0) is 31.0 Å². The summed E-state index contributed by atoms with van der Waals surface area (Å²) in [6.45, 7) is 5.15. The molecular weight excluding hydrogens is 346 g/mol. The van der Waals surface area contributed by atoms with Crippen LogP contribution in [-0.4, -0.2) is 16.6 Å². The maximum absolute atomic E-state index is 6.39. The highest BCUT2D eigenvalue weighted by atomic mass is 35.5. The summed E-state index contributed by atoms with van der Waals surface area (Å²) in [7, 11) is 0. The summed E-state index contributed by atoms with van der Waals surface area (Å²) in [5.74, 6) is 0.510. The van der Waals surface area contributed by atoms with Gasteiger partial charge in [-0.2, -0.15) is 0 Å². The predicted molar refractivity (Wildman–Crippen MR) is 106 cm³/mol. The van der Waals surface area contributed by atoms with Gasteiger partial charge < -0.3 is 10.1 Å². The van der Waals surface area contributed by atoms with Crippen LogP contribution in [-0.2, 0) is 17.8 Å². The first-order chi connectivity index (χ1) is 12.6. The second-order valence-electron chi connectivity index (χ2n) is 6.13. The molecule has 1 N–H and O–H groups in total. The highest BCUT2D eigenvalue weighted by Gasteiger charge is 2.11. The highest BCUT2D eigenvalue weighted by molar-refractivity contribution is 6.30. The number of aryl methyl sites for hydroxylation is 2. The zero-order valence-corrected chi connectivity index (χ0v) is 15.8. The Morgan fingerprint density at radius 2 is 1.69 bits per heavy atom. The molecule has 3 rings (SSSR count). The van der Waals surface area contributed by atoms with Crippen LogP contribution in [0.2, 0.25) is 5.15 Å². The van der Waals surface area contributed by atoms with Gasteiger partial charge in [0, 0.05) is 23.4 Å². The van der Waals surface area contributed by atoms with E-state index >= 15 is 0 Å². The molecule has 0 saturated heterocycles. The SMILES string of the molecule is Cc1ccccc1Nc1nc(C)c(CCOCc2ccccc2)c(Cl)n1. The normalized spacial score (nSPS) is 10.7. The van der Waals surface area contributed by atoms with Crippen molar-refractivity contribution in [1.82, 2.24) is 9.97 Å². The van der Waals surface area contributed by atoms with E-state index in [1.807, 2.05) is 68.4 Å². The predicted octanol–water partition coefficient (Wildman–Crippen LogP) is 5.25. The average molecular weight is 368 g/mol. The molecule has 0 radical (unpaired) electrons. The summed E-state index contributed by atoms with van der Waals surface area (Å²) in [6, 6.07) is 18.1. The Labute approximate surface area is 159 Å². The minimum atomic E-state index is 0.469. The van der Waals surface area contributed by atoms with Crippen LogP contribution < -0.4 is 5.32 Å². The molecule has 1 heterocycles. The molecule has 1 aromatic heterocycles. The van der Waals surface area contributed by atoms with E-state index in [0.717, 1.165) is 28.1 Å². The van der Waals surface area contributed by atoms with Gasteiger partial charge in [-0.25, -0.2) is 9.97 Å². The van der Waals surface area contributed by atoms with Crippen LogP contribution in [0, 0.1) is 13.8 Å². The van der Waals surface area contributed by atoms with Gasteiger partial charge in [0.25, 0.3) is 0 Å². The van der Waals surface area contributed by atoms with Crippen LogP contribution in [0.15, 0.2) is 54.6 Å². The molecule has 26 heavy (non-hydrogen) atoms. The Morgan fingerprint density at radius 3 is 2.42 bits per heavy atom. The van der Waals surface area contributed by atoms with Gasteiger partial charge in [0.05, 0.1) is 13.2 Å². The quantitative estimate of drug-likeness (QED) is 0.457. The third-order valence-corrected chi connectivity index (χ3v) is 4.48. The number of halogens is 1. The molecule has 0 atom stereocenters. The monoisotopic (exact) mass is 367 g/mol. The molecule has 0 aliphatic rings. The van der Waals surface area contributed by atoms with Crippen molar-refractivity contribution in [3.05, 3.63) is 82.1 Å². The van der Waals surface area contributed by atoms with Gasteiger partial charge in [0.15, 0.2) is 0 Å². The second-order valence-corrected chi connectivity index (χ2v) is 6.49. The van der Waals surface area contributed by atoms with E-state index in [1.165, 1.54) is 0 Å². The molecular formula is C21H22ClN3O. The fourth-order valence-electron chi connectivity index (χ4n) is 2.67. The Hall–Kier alpha value is -2.43. The van der Waals surface area contributed by atoms with E-state index in [0.29, 0.717) is 30.7 Å². The maximum Gasteiger partial charge on any atom is 0.228 e. The molecule has 4 nitrogen and oxygen atoms in total. The lowest BCUT2D eigenvalue weighted by atomic mass is 10.2. The smallest absolute Gasteiger partial charge is 0.228 e. The average Bonchev–Trinajstić information content (AvgIpc) is 2.63. The minimum Gasteiger partial charge on any atom is -0.376 e. The summed E-state index contributed by atoms with van der Waals surface area (Å²) < 4.78 is 5.75. The summed E-state index contributed by atoms with van der Waals surface area (Å²) >= 11 is 6.39. The topological polar surface area (TPSA) is 47.0 Å². The number of aromatic nitrogens is 2. The number of nitrogens with one attached hydrogen (secondary N) is 1. The Morgan fingerprint density at radius 1 is 0.962 bits per heavy atom. The lowest BCUT2D eigenvalue weighted by Gasteiger charge is -2.12. The maximum atomic E-state index is 6.39. The number of benzene rings is 2. The molecule has 0 aliphatic carbocycles. The lowest BCUT2D eigenvalue weighted by Crippen LogP contribution is -2.07. The standard InChI is InChI=1S/C21H22ClN3O/c1-15-8-6-7-11-19(15)24-21-23-16(2)18(20(22)25-21)12-13-26-14-17-9-4-3-5-10-17/h3-11H,12-14H2,1-2H3,(H,23,24,25). The van der Waals surface area contributed by atoms with Crippen LogP contribution in [0.5, 0.6) is 0 Å². The van der Waals surface area contributed by atoms with Crippen molar-refractivity contribution in [2.45, 2.75) is 26.9 Å². The van der Waals surface area contributed by atoms with Crippen LogP contribution in [0.25, 0.3) is 0 Å². The van der Waals surface area contributed by atoms with E-state index in [9.17, 15) is 0 Å². The van der Waals surface area contributed by atoms with Crippen molar-refractivity contribution in [3.63, 3.8) is 0 Å². The molecule has 0 fully saturated rings. The first-order valence-corrected chi connectivity index (χ1v) is 8.98. The molecule has 3 aromatic rings. The number of nitrogens with zero attached hydrogens (tertiary/aromatic N) is 2. The molecule has 0 saturated carbocycles. The van der Waals surface area contributed by atoms with E-state index in [4.69, 9.17) is 16.3 Å². The van der Waals surface area contributed by atoms with E-state index in [-0.39, 0.29) is 0 Å². The number of hydrogen-bond acceptors (Lipinski definition) is 4. The number of rotatable bonds is 7. The molecule has 0 unspecified atom stereocenters. The van der Waals surface area contributed by atoms with Crippen molar-refractivity contribution in [3.8, 4) is 0 Å². The number of para-hydroxylation sites is 1. The molecule has 134 valence electrons. The van der Waals surface area contributed by atoms with Crippen molar-refractivity contribution < 1.29 is 4.74 Å². The van der Waals surface area contributed by atoms with E-state index in [1.54, 1.807) is 0 Å². The number of hydrogen-bond donors (Lipinski definition) is 1. The largest absolute Gasteiger partial charge is 0.376 e. The first kappa shape index (κ1) is 18.4. The van der Waals surface area contributed by atoms with Crippen LogP contribution in [0.3, 0.4) is 0 Å². The Balaban J connectivity index is 1.61. The van der Waals surface area contributed by atoms with Crippen molar-refractivity contribution in [2.24, 2.45) is 0 Å². The summed E-state index contributed by atoms with van der Waals surface area (Å²) in [6.07, 6.45) is 0.683. The zero-order chi connectivity index (χ0) is 18.4. The number of ether oxygens (including phenoxy) is 1. The molecule has 0 spiro atoms. The highest BCUT2D eigenvalue weighted by Crippen LogP contribution is 2.23. The van der Waals surface area contributed by atoms with E-state index in [2.05, 4.69) is 15.3 Å². The summed E-state index contributed by atoms with van der Waals surface area (Å²) in [5.41, 5.74) is 5.05. The van der Waals surface area contributed by atoms with Gasteiger partial charge in [0.2, 0.25) is 5.95 Å². The lowest BCUT2D eigenvalue weighted by molar-refractivity contribution is 0.123. The van der Waals surface area contributed by atoms with Crippen LogP contribution in [0.4, 0.5) is 11.6 Å². The zero-order valence-electron chi connectivity index (χ0n) is 15.0. The van der Waals surface area contributed by atoms with Crippen LogP contribution in [0.1, 0.15) is 22.4 Å². The van der Waals surface area contributed by atoms with Gasteiger partial charge in [-0.1, -0.05) is 60.1 Å². The fourth-order valence-corrected chi connectivity index (χ4v) is 2.98. The summed E-state index contributed by atoms with van der Waals surface area (Å²) in [4.78, 5) is 8.94. The van der Waals surface area contributed by atoms with Crippen molar-refractivity contribution in [2.75, 3.05) is 11.9 Å². The van der Waals surface area contributed by atoms with Gasteiger partial charge in [0.1, 0.15) is 5.15 Å². The minimum absolute atomic E-state index is 0.469. The first-order valence-electron chi connectivity index (χ1n) is 8.61. The molecule has 2 aromatic carbocycles. The third-order valence-electron chi connectivity index (χ3n) is 4.16. The van der Waals surface area contributed by atoms with Crippen LogP contribution >= 0.6 is 11.6 Å². The Kier molecular flexibility index (Phi) is 6.21. The van der Waals surface area contributed by atoms with Gasteiger partial charge in [-0.15, -0.1) is 0 Å². The summed E-state index contributed by atoms with van der Waals surface area (Å²) in [5, 5.41) is 3.70.